The number of piperidine rings is 1. The van der Waals surface area contributed by atoms with Gasteiger partial charge in [-0.1, -0.05) is 61.9 Å². The number of rotatable bonds is 10. The van der Waals surface area contributed by atoms with Crippen molar-refractivity contribution in [2.24, 2.45) is 0 Å². The summed E-state index contributed by atoms with van der Waals surface area (Å²) in [5.41, 5.74) is 2.42. The number of carbonyl (C=O) groups excluding carboxylic acids is 1. The van der Waals surface area contributed by atoms with Crippen molar-refractivity contribution in [3.63, 3.8) is 0 Å². The molecule has 1 heterocycles. The first-order valence-electron chi connectivity index (χ1n) is 11.0. The van der Waals surface area contributed by atoms with Crippen LogP contribution < -0.4 is 4.74 Å². The number of likely N-dealkylation sites (tertiary alicyclic amines) is 1. The average molecular weight is 392 g/mol. The molecule has 1 aliphatic rings. The molecule has 3 nitrogen and oxygen atoms in total. The van der Waals surface area contributed by atoms with Gasteiger partial charge >= 0.3 is 0 Å². The second kappa shape index (κ2) is 11.6. The zero-order valence-electron chi connectivity index (χ0n) is 17.6. The molecule has 0 aliphatic carbocycles. The van der Waals surface area contributed by atoms with E-state index in [1.165, 1.54) is 24.8 Å². The van der Waals surface area contributed by atoms with E-state index in [1.54, 1.807) is 6.08 Å². The summed E-state index contributed by atoms with van der Waals surface area (Å²) >= 11 is 0. The molecule has 3 rings (SSSR count). The summed E-state index contributed by atoms with van der Waals surface area (Å²) in [5, 5.41) is 0. The standard InChI is InChI=1S/C26H33NO2/c1-2-20-29-26-15-12-22(13-16-26)11-14-25(28)17-19-27-18-7-6-10-24(27)21-23-8-4-3-5-9-23/h3-5,8-9,11-16,24H,2,6-7,10,17-21H2,1H3. The molecular weight excluding hydrogens is 358 g/mol. The fourth-order valence-electron chi connectivity index (χ4n) is 3.89. The summed E-state index contributed by atoms with van der Waals surface area (Å²) in [4.78, 5) is 14.9. The van der Waals surface area contributed by atoms with Gasteiger partial charge in [-0.2, -0.15) is 0 Å². The van der Waals surface area contributed by atoms with Gasteiger partial charge in [0.15, 0.2) is 5.78 Å². The van der Waals surface area contributed by atoms with E-state index in [4.69, 9.17) is 4.74 Å². The van der Waals surface area contributed by atoms with Gasteiger partial charge in [0, 0.05) is 19.0 Å². The Labute approximate surface area is 175 Å². The van der Waals surface area contributed by atoms with E-state index in [1.807, 2.05) is 30.3 Å². The summed E-state index contributed by atoms with van der Waals surface area (Å²) in [7, 11) is 0. The van der Waals surface area contributed by atoms with E-state index in [-0.39, 0.29) is 5.78 Å². The lowest BCUT2D eigenvalue weighted by Crippen LogP contribution is -2.41. The van der Waals surface area contributed by atoms with Gasteiger partial charge in [-0.15, -0.1) is 0 Å². The fraction of sp³-hybridized carbons (Fsp3) is 0.423. The number of nitrogens with zero attached hydrogens (tertiary/aromatic N) is 1. The van der Waals surface area contributed by atoms with Crippen LogP contribution in [0.2, 0.25) is 0 Å². The van der Waals surface area contributed by atoms with E-state index in [0.717, 1.165) is 43.9 Å². The van der Waals surface area contributed by atoms with Crippen LogP contribution in [0, 0.1) is 0 Å². The molecule has 29 heavy (non-hydrogen) atoms. The number of carbonyl (C=O) groups is 1. The van der Waals surface area contributed by atoms with Crippen LogP contribution in [0.1, 0.15) is 50.2 Å². The second-order valence-corrected chi connectivity index (χ2v) is 7.84. The van der Waals surface area contributed by atoms with Crippen LogP contribution in [0.25, 0.3) is 6.08 Å². The predicted octanol–water partition coefficient (Wildman–Crippen LogP) is 5.55. The normalized spacial score (nSPS) is 17.5. The van der Waals surface area contributed by atoms with Gasteiger partial charge < -0.3 is 4.74 Å². The molecule has 1 fully saturated rings. The van der Waals surface area contributed by atoms with Crippen LogP contribution in [0.5, 0.6) is 5.75 Å². The number of hydrogen-bond acceptors (Lipinski definition) is 3. The summed E-state index contributed by atoms with van der Waals surface area (Å²) < 4.78 is 5.60. The van der Waals surface area contributed by atoms with Crippen molar-refractivity contribution in [1.29, 1.82) is 0 Å². The van der Waals surface area contributed by atoms with Crippen LogP contribution in [-0.4, -0.2) is 36.4 Å². The van der Waals surface area contributed by atoms with E-state index in [9.17, 15) is 4.79 Å². The molecule has 154 valence electrons. The molecule has 2 aromatic rings. The monoisotopic (exact) mass is 391 g/mol. The van der Waals surface area contributed by atoms with Crippen molar-refractivity contribution in [1.82, 2.24) is 4.90 Å². The highest BCUT2D eigenvalue weighted by Gasteiger charge is 2.22. The third kappa shape index (κ3) is 7.17. The lowest BCUT2D eigenvalue weighted by atomic mass is 9.95. The van der Waals surface area contributed by atoms with Crippen molar-refractivity contribution in [3.8, 4) is 5.75 Å². The highest BCUT2D eigenvalue weighted by Crippen LogP contribution is 2.21. The quantitative estimate of drug-likeness (QED) is 0.498. The zero-order valence-corrected chi connectivity index (χ0v) is 17.6. The van der Waals surface area contributed by atoms with Crippen molar-refractivity contribution in [2.75, 3.05) is 19.7 Å². The largest absolute Gasteiger partial charge is 0.494 e. The van der Waals surface area contributed by atoms with Crippen LogP contribution in [-0.2, 0) is 11.2 Å². The summed E-state index contributed by atoms with van der Waals surface area (Å²) in [6, 6.07) is 19.2. The first kappa shape index (κ1) is 21.3. The van der Waals surface area contributed by atoms with Gasteiger partial charge in [0.25, 0.3) is 0 Å². The van der Waals surface area contributed by atoms with Crippen molar-refractivity contribution < 1.29 is 9.53 Å². The molecule has 0 bridgehead atoms. The average Bonchev–Trinajstić information content (AvgIpc) is 2.77. The van der Waals surface area contributed by atoms with E-state index >= 15 is 0 Å². The summed E-state index contributed by atoms with van der Waals surface area (Å²) in [6.07, 6.45) is 10.0. The first-order valence-corrected chi connectivity index (χ1v) is 11.0. The predicted molar refractivity (Wildman–Crippen MR) is 120 cm³/mol. The number of ketones is 1. The Kier molecular flexibility index (Phi) is 8.51. The van der Waals surface area contributed by atoms with Gasteiger partial charge in [-0.05, 0) is 61.6 Å². The summed E-state index contributed by atoms with van der Waals surface area (Å²) in [5.74, 6) is 1.07. The maximum Gasteiger partial charge on any atom is 0.156 e. The smallest absolute Gasteiger partial charge is 0.156 e. The first-order chi connectivity index (χ1) is 14.2. The Morgan fingerprint density at radius 3 is 2.66 bits per heavy atom. The highest BCUT2D eigenvalue weighted by molar-refractivity contribution is 5.93. The van der Waals surface area contributed by atoms with Crippen molar-refractivity contribution in [3.05, 3.63) is 71.8 Å². The topological polar surface area (TPSA) is 29.5 Å². The maximum atomic E-state index is 12.4. The van der Waals surface area contributed by atoms with E-state index in [2.05, 4.69) is 42.2 Å². The number of ether oxygens (including phenoxy) is 1. The van der Waals surface area contributed by atoms with Gasteiger partial charge in [-0.25, -0.2) is 0 Å². The molecule has 0 saturated carbocycles. The molecule has 1 unspecified atom stereocenters. The minimum atomic E-state index is 0.195. The second-order valence-electron chi connectivity index (χ2n) is 7.84. The molecular formula is C26H33NO2. The molecule has 1 saturated heterocycles. The minimum Gasteiger partial charge on any atom is -0.494 e. The zero-order chi connectivity index (χ0) is 20.3. The molecule has 0 aromatic heterocycles. The molecule has 1 aliphatic heterocycles. The molecule has 0 radical (unpaired) electrons. The molecule has 3 heteroatoms. The lowest BCUT2D eigenvalue weighted by Gasteiger charge is -2.35. The Hall–Kier alpha value is -2.39. The number of allylic oxidation sites excluding steroid dienone is 1. The number of benzene rings is 2. The number of hydrogen-bond donors (Lipinski definition) is 0. The van der Waals surface area contributed by atoms with Crippen molar-refractivity contribution in [2.45, 2.75) is 51.5 Å². The van der Waals surface area contributed by atoms with Crippen LogP contribution in [0.3, 0.4) is 0 Å². The van der Waals surface area contributed by atoms with E-state index in [0.29, 0.717) is 12.5 Å². The Balaban J connectivity index is 1.47. The van der Waals surface area contributed by atoms with Crippen LogP contribution in [0.4, 0.5) is 0 Å². The van der Waals surface area contributed by atoms with Crippen molar-refractivity contribution >= 4 is 11.9 Å². The third-order valence-corrected chi connectivity index (χ3v) is 5.52. The van der Waals surface area contributed by atoms with Gasteiger partial charge in [0.2, 0.25) is 0 Å². The minimum absolute atomic E-state index is 0.195. The highest BCUT2D eigenvalue weighted by atomic mass is 16.5. The van der Waals surface area contributed by atoms with Gasteiger partial charge in [0.05, 0.1) is 6.61 Å². The fourth-order valence-corrected chi connectivity index (χ4v) is 3.89. The van der Waals surface area contributed by atoms with E-state index < -0.39 is 0 Å². The molecule has 2 aromatic carbocycles. The maximum absolute atomic E-state index is 12.4. The lowest BCUT2D eigenvalue weighted by molar-refractivity contribution is -0.115. The SMILES string of the molecule is CCCOc1ccc(C=CC(=O)CCN2CCCCC2Cc2ccccc2)cc1. The molecule has 1 atom stereocenters. The van der Waals surface area contributed by atoms with Gasteiger partial charge in [0.1, 0.15) is 5.75 Å². The Morgan fingerprint density at radius 1 is 1.10 bits per heavy atom. The molecule has 0 N–H and O–H groups in total. The Morgan fingerprint density at radius 2 is 1.90 bits per heavy atom. The Bertz CT molecular complexity index is 767. The van der Waals surface area contributed by atoms with Crippen LogP contribution >= 0.6 is 0 Å². The van der Waals surface area contributed by atoms with Crippen LogP contribution in [0.15, 0.2) is 60.7 Å². The molecule has 0 amide bonds. The summed E-state index contributed by atoms with van der Waals surface area (Å²) in [6.45, 7) is 4.78. The van der Waals surface area contributed by atoms with Gasteiger partial charge in [-0.3, -0.25) is 9.69 Å². The molecule has 0 spiro atoms. The third-order valence-electron chi connectivity index (χ3n) is 5.52.